The van der Waals surface area contributed by atoms with Crippen LogP contribution in [0.1, 0.15) is 6.92 Å². The van der Waals surface area contributed by atoms with Crippen molar-refractivity contribution in [3.8, 4) is 0 Å². The van der Waals surface area contributed by atoms with E-state index < -0.39 is 0 Å². The average Bonchev–Trinajstić information content (AvgIpc) is 1.94. The van der Waals surface area contributed by atoms with Gasteiger partial charge in [-0.2, -0.15) is 0 Å². The minimum atomic E-state index is 1.07. The highest BCUT2D eigenvalue weighted by Gasteiger charge is 1.96. The van der Waals surface area contributed by atoms with Crippen LogP contribution in [0.2, 0.25) is 0 Å². The van der Waals surface area contributed by atoms with Crippen molar-refractivity contribution in [2.24, 2.45) is 0 Å². The van der Waals surface area contributed by atoms with E-state index in [0.717, 1.165) is 15.3 Å². The van der Waals surface area contributed by atoms with Gasteiger partial charge < -0.3 is 0 Å². The van der Waals surface area contributed by atoms with Gasteiger partial charge in [-0.15, -0.1) is 11.8 Å². The van der Waals surface area contributed by atoms with Crippen molar-refractivity contribution in [1.29, 1.82) is 0 Å². The van der Waals surface area contributed by atoms with Gasteiger partial charge in [-0.1, -0.05) is 6.92 Å². The van der Waals surface area contributed by atoms with Crippen LogP contribution in [0.15, 0.2) is 27.8 Å². The molecule has 0 N–H and O–H groups in total. The molecule has 0 spiro atoms. The van der Waals surface area contributed by atoms with Crippen LogP contribution in [0.25, 0.3) is 0 Å². The molecule has 0 atom stereocenters. The lowest BCUT2D eigenvalue weighted by Gasteiger charge is -1.97. The number of aromatic nitrogens is 1. The molecular formula is C7H8BrNS. The molecule has 0 aliphatic heterocycles. The second-order valence-corrected chi connectivity index (χ2v) is 3.83. The summed E-state index contributed by atoms with van der Waals surface area (Å²) in [6.45, 7) is 2.12. The summed E-state index contributed by atoms with van der Waals surface area (Å²) < 4.78 is 1.09. The first kappa shape index (κ1) is 8.08. The van der Waals surface area contributed by atoms with Gasteiger partial charge in [0.05, 0.1) is 0 Å². The lowest BCUT2D eigenvalue weighted by Crippen LogP contribution is -1.79. The van der Waals surface area contributed by atoms with Crippen LogP contribution in [0.4, 0.5) is 0 Å². The topological polar surface area (TPSA) is 12.9 Å². The quantitative estimate of drug-likeness (QED) is 0.708. The number of hydrogen-bond acceptors (Lipinski definition) is 2. The molecule has 1 rings (SSSR count). The largest absolute Gasteiger partial charge is 0.249 e. The van der Waals surface area contributed by atoms with Crippen LogP contribution in [0.5, 0.6) is 0 Å². The van der Waals surface area contributed by atoms with Crippen LogP contribution in [0, 0.1) is 0 Å². The summed E-state index contributed by atoms with van der Waals surface area (Å²) in [5.41, 5.74) is 0. The smallest absolute Gasteiger partial charge is 0.110 e. The molecule has 1 nitrogen and oxygen atoms in total. The summed E-state index contributed by atoms with van der Waals surface area (Å²) in [6, 6.07) is 3.93. The number of hydrogen-bond donors (Lipinski definition) is 0. The Hall–Kier alpha value is -0.0200. The van der Waals surface area contributed by atoms with Gasteiger partial charge in [0.1, 0.15) is 5.03 Å². The van der Waals surface area contributed by atoms with E-state index in [4.69, 9.17) is 0 Å². The predicted molar refractivity (Wildman–Crippen MR) is 48.3 cm³/mol. The minimum Gasteiger partial charge on any atom is -0.249 e. The lowest BCUT2D eigenvalue weighted by atomic mass is 10.5. The molecule has 0 amide bonds. The molecule has 0 fully saturated rings. The van der Waals surface area contributed by atoms with E-state index in [0.29, 0.717) is 0 Å². The lowest BCUT2D eigenvalue weighted by molar-refractivity contribution is 1.11. The summed E-state index contributed by atoms with van der Waals surface area (Å²) >= 11 is 5.16. The Labute approximate surface area is 73.4 Å². The summed E-state index contributed by atoms with van der Waals surface area (Å²) in [4.78, 5) is 4.18. The number of rotatable bonds is 2. The van der Waals surface area contributed by atoms with Crippen molar-refractivity contribution in [2.45, 2.75) is 11.9 Å². The van der Waals surface area contributed by atoms with E-state index in [2.05, 4.69) is 27.8 Å². The Morgan fingerprint density at radius 3 is 3.10 bits per heavy atom. The fourth-order valence-corrected chi connectivity index (χ4v) is 1.83. The summed E-state index contributed by atoms with van der Waals surface area (Å²) in [5, 5.41) is 1.07. The number of pyridine rings is 1. The predicted octanol–water partition coefficient (Wildman–Crippen LogP) is 2.96. The molecule has 0 saturated carbocycles. The SMILES string of the molecule is CCSc1ncccc1Br. The zero-order valence-electron chi connectivity index (χ0n) is 5.67. The Balaban J connectivity index is 2.81. The number of halogens is 1. The molecule has 54 valence electrons. The standard InChI is InChI=1S/C7H8BrNS/c1-2-10-7-6(8)4-3-5-9-7/h3-5H,2H2,1H3. The molecule has 0 aliphatic rings. The fraction of sp³-hybridized carbons (Fsp3) is 0.286. The number of thioether (sulfide) groups is 1. The van der Waals surface area contributed by atoms with Crippen molar-refractivity contribution in [2.75, 3.05) is 5.75 Å². The van der Waals surface area contributed by atoms with Crippen LogP contribution in [0.3, 0.4) is 0 Å². The Kier molecular flexibility index (Phi) is 3.22. The highest BCUT2D eigenvalue weighted by atomic mass is 79.9. The fourth-order valence-electron chi connectivity index (χ4n) is 0.614. The van der Waals surface area contributed by atoms with Gasteiger partial charge in [-0.05, 0) is 33.8 Å². The van der Waals surface area contributed by atoms with Crippen LogP contribution >= 0.6 is 27.7 Å². The molecule has 1 aromatic heterocycles. The highest BCUT2D eigenvalue weighted by molar-refractivity contribution is 9.10. The molecule has 0 unspecified atom stereocenters. The van der Waals surface area contributed by atoms with E-state index in [1.54, 1.807) is 11.8 Å². The zero-order chi connectivity index (χ0) is 7.40. The first-order chi connectivity index (χ1) is 4.84. The van der Waals surface area contributed by atoms with Crippen molar-refractivity contribution < 1.29 is 0 Å². The maximum atomic E-state index is 4.18. The van der Waals surface area contributed by atoms with Gasteiger partial charge in [-0.25, -0.2) is 4.98 Å². The first-order valence-corrected chi connectivity index (χ1v) is 4.85. The van der Waals surface area contributed by atoms with E-state index in [1.807, 2.05) is 18.3 Å². The molecule has 3 heteroatoms. The summed E-state index contributed by atoms with van der Waals surface area (Å²) in [6.07, 6.45) is 1.81. The van der Waals surface area contributed by atoms with Crippen LogP contribution < -0.4 is 0 Å². The van der Waals surface area contributed by atoms with Crippen molar-refractivity contribution in [1.82, 2.24) is 4.98 Å². The van der Waals surface area contributed by atoms with Gasteiger partial charge in [0, 0.05) is 10.7 Å². The Bertz CT molecular complexity index is 215. The average molecular weight is 218 g/mol. The van der Waals surface area contributed by atoms with E-state index in [9.17, 15) is 0 Å². The molecule has 10 heavy (non-hydrogen) atoms. The third-order valence-corrected chi connectivity index (χ3v) is 2.80. The third kappa shape index (κ3) is 1.99. The summed E-state index contributed by atoms with van der Waals surface area (Å²) in [5.74, 6) is 1.07. The monoisotopic (exact) mass is 217 g/mol. The molecule has 0 saturated heterocycles. The normalized spacial score (nSPS) is 9.80. The van der Waals surface area contributed by atoms with Crippen molar-refractivity contribution in [3.63, 3.8) is 0 Å². The maximum Gasteiger partial charge on any atom is 0.110 e. The van der Waals surface area contributed by atoms with Gasteiger partial charge in [0.15, 0.2) is 0 Å². The van der Waals surface area contributed by atoms with E-state index in [1.165, 1.54) is 0 Å². The number of nitrogens with zero attached hydrogens (tertiary/aromatic N) is 1. The molecular weight excluding hydrogens is 210 g/mol. The second-order valence-electron chi connectivity index (χ2n) is 1.72. The molecule has 0 bridgehead atoms. The molecule has 0 aliphatic carbocycles. The molecule has 1 heterocycles. The van der Waals surface area contributed by atoms with Crippen molar-refractivity contribution >= 4 is 27.7 Å². The maximum absolute atomic E-state index is 4.18. The molecule has 0 aromatic carbocycles. The van der Waals surface area contributed by atoms with Crippen LogP contribution in [-0.4, -0.2) is 10.7 Å². The third-order valence-electron chi connectivity index (χ3n) is 1.01. The van der Waals surface area contributed by atoms with Gasteiger partial charge in [0.25, 0.3) is 0 Å². The Morgan fingerprint density at radius 1 is 1.70 bits per heavy atom. The van der Waals surface area contributed by atoms with Gasteiger partial charge in [0.2, 0.25) is 0 Å². The van der Waals surface area contributed by atoms with E-state index >= 15 is 0 Å². The zero-order valence-corrected chi connectivity index (χ0v) is 8.08. The van der Waals surface area contributed by atoms with Gasteiger partial charge >= 0.3 is 0 Å². The highest BCUT2D eigenvalue weighted by Crippen LogP contribution is 2.23. The molecule has 0 radical (unpaired) electrons. The van der Waals surface area contributed by atoms with Gasteiger partial charge in [-0.3, -0.25) is 0 Å². The van der Waals surface area contributed by atoms with Crippen molar-refractivity contribution in [3.05, 3.63) is 22.8 Å². The van der Waals surface area contributed by atoms with Crippen LogP contribution in [-0.2, 0) is 0 Å². The first-order valence-electron chi connectivity index (χ1n) is 3.08. The second kappa shape index (κ2) is 3.98. The summed E-state index contributed by atoms with van der Waals surface area (Å²) in [7, 11) is 0. The minimum absolute atomic E-state index is 1.07. The van der Waals surface area contributed by atoms with E-state index in [-0.39, 0.29) is 0 Å². The Morgan fingerprint density at radius 2 is 2.50 bits per heavy atom. The molecule has 1 aromatic rings.